The van der Waals surface area contributed by atoms with Gasteiger partial charge in [-0.25, -0.2) is 0 Å². The highest BCUT2D eigenvalue weighted by Gasteiger charge is 2.53. The Morgan fingerprint density at radius 3 is 1.32 bits per heavy atom. The smallest absolute Gasteiger partial charge is 0.143 e. The molecule has 10 aromatic rings. The van der Waals surface area contributed by atoms with Gasteiger partial charge in [0.05, 0.1) is 5.41 Å². The van der Waals surface area contributed by atoms with Crippen molar-refractivity contribution in [3.05, 3.63) is 232 Å². The van der Waals surface area contributed by atoms with Crippen LogP contribution in [0.4, 0.5) is 17.1 Å². The maximum absolute atomic E-state index is 6.58. The second-order valence-corrected chi connectivity index (χ2v) is 24.6. The minimum absolute atomic E-state index is 0.0408. The molecule has 0 amide bonds. The lowest BCUT2D eigenvalue weighted by Crippen LogP contribution is -2.28. The predicted molar refractivity (Wildman–Crippen MR) is 304 cm³/mol. The lowest BCUT2D eigenvalue weighted by Gasteiger charge is -2.34. The molecular formula is C70H63NO. The average molecular weight is 934 g/mol. The van der Waals surface area contributed by atoms with Crippen LogP contribution in [0.3, 0.4) is 0 Å². The summed E-state index contributed by atoms with van der Waals surface area (Å²) in [6, 6.07) is 69.7. The molecule has 0 saturated carbocycles. The van der Waals surface area contributed by atoms with Crippen LogP contribution < -0.4 is 4.90 Å². The number of nitrogens with zero attached hydrogens (tertiary/aromatic N) is 1. The molecular weight excluding hydrogens is 871 g/mol. The van der Waals surface area contributed by atoms with Crippen LogP contribution in [0.2, 0.25) is 0 Å². The van der Waals surface area contributed by atoms with Crippen LogP contribution in [0.25, 0.3) is 66.4 Å². The van der Waals surface area contributed by atoms with E-state index in [2.05, 4.69) is 257 Å². The van der Waals surface area contributed by atoms with Gasteiger partial charge in [0.1, 0.15) is 11.2 Å². The molecule has 0 fully saturated rings. The monoisotopic (exact) mass is 933 g/mol. The molecule has 1 aromatic heterocycles. The van der Waals surface area contributed by atoms with Gasteiger partial charge < -0.3 is 9.32 Å². The molecule has 0 saturated heterocycles. The molecule has 0 aliphatic heterocycles. The number of para-hydroxylation sites is 2. The zero-order valence-corrected chi connectivity index (χ0v) is 43.7. The maximum atomic E-state index is 6.58. The summed E-state index contributed by atoms with van der Waals surface area (Å²) in [4.78, 5) is 2.51. The van der Waals surface area contributed by atoms with Crippen LogP contribution >= 0.6 is 0 Å². The molecule has 0 radical (unpaired) electrons. The Kier molecular flexibility index (Phi) is 9.31. The first-order valence-corrected chi connectivity index (χ1v) is 26.0. The summed E-state index contributed by atoms with van der Waals surface area (Å²) in [6.45, 7) is 25.9. The second kappa shape index (κ2) is 15.1. The molecule has 2 nitrogen and oxygen atoms in total. The van der Waals surface area contributed by atoms with Gasteiger partial charge in [0.2, 0.25) is 0 Å². The fourth-order valence-corrected chi connectivity index (χ4v) is 12.8. The van der Waals surface area contributed by atoms with E-state index in [1.165, 1.54) is 83.5 Å². The van der Waals surface area contributed by atoms with Crippen LogP contribution in [0.15, 0.2) is 186 Å². The Hall–Kier alpha value is -7.42. The van der Waals surface area contributed by atoms with Crippen LogP contribution in [0.1, 0.15) is 126 Å². The van der Waals surface area contributed by atoms with Crippen LogP contribution in [0, 0.1) is 0 Å². The van der Waals surface area contributed by atoms with Crippen molar-refractivity contribution in [2.75, 3.05) is 4.90 Å². The van der Waals surface area contributed by atoms with Crippen molar-refractivity contribution in [2.45, 2.75) is 103 Å². The highest BCUT2D eigenvalue weighted by atomic mass is 16.3. The van der Waals surface area contributed by atoms with Gasteiger partial charge in [-0.15, -0.1) is 0 Å². The van der Waals surface area contributed by atoms with Crippen molar-refractivity contribution in [1.82, 2.24) is 0 Å². The molecule has 1 spiro atoms. The zero-order valence-electron chi connectivity index (χ0n) is 43.7. The quantitative estimate of drug-likeness (QED) is 0.175. The summed E-state index contributed by atoms with van der Waals surface area (Å²) in [5.41, 5.74) is 26.7. The van der Waals surface area contributed by atoms with Gasteiger partial charge in [0.25, 0.3) is 0 Å². The summed E-state index contributed by atoms with van der Waals surface area (Å²) < 4.78 is 6.58. The summed E-state index contributed by atoms with van der Waals surface area (Å²) in [5, 5.41) is 2.28. The average Bonchev–Trinajstić information content (AvgIpc) is 4.05. The lowest BCUT2D eigenvalue weighted by atomic mass is 9.68. The third-order valence-electron chi connectivity index (χ3n) is 16.8. The molecule has 2 heteroatoms. The largest absolute Gasteiger partial charge is 0.455 e. The maximum Gasteiger partial charge on any atom is 0.143 e. The zero-order chi connectivity index (χ0) is 49.9. The molecule has 3 aliphatic rings. The van der Waals surface area contributed by atoms with Crippen LogP contribution in [0.5, 0.6) is 0 Å². The van der Waals surface area contributed by atoms with Crippen molar-refractivity contribution in [1.29, 1.82) is 0 Å². The number of anilines is 3. The van der Waals surface area contributed by atoms with E-state index >= 15 is 0 Å². The van der Waals surface area contributed by atoms with Gasteiger partial charge in [0.15, 0.2) is 0 Å². The molecule has 0 N–H and O–H groups in total. The van der Waals surface area contributed by atoms with E-state index in [-0.39, 0.29) is 21.7 Å². The van der Waals surface area contributed by atoms with E-state index in [9.17, 15) is 0 Å². The Labute approximate surface area is 426 Å². The van der Waals surface area contributed by atoms with Gasteiger partial charge >= 0.3 is 0 Å². The number of rotatable bonds is 4. The third-order valence-corrected chi connectivity index (χ3v) is 16.8. The number of hydrogen-bond acceptors (Lipinski definition) is 2. The van der Waals surface area contributed by atoms with Crippen molar-refractivity contribution in [3.63, 3.8) is 0 Å². The van der Waals surface area contributed by atoms with Crippen molar-refractivity contribution < 1.29 is 4.42 Å². The molecule has 9 aromatic carbocycles. The minimum atomic E-state index is -0.558. The van der Waals surface area contributed by atoms with E-state index in [4.69, 9.17) is 4.42 Å². The molecule has 0 bridgehead atoms. The van der Waals surface area contributed by atoms with Gasteiger partial charge in [-0.05, 0) is 148 Å². The summed E-state index contributed by atoms with van der Waals surface area (Å²) in [5.74, 6) is 0. The number of benzene rings is 9. The van der Waals surface area contributed by atoms with Crippen LogP contribution in [-0.4, -0.2) is 0 Å². The highest BCUT2D eigenvalue weighted by molar-refractivity contribution is 6.09. The van der Waals surface area contributed by atoms with Gasteiger partial charge in [-0.3, -0.25) is 0 Å². The van der Waals surface area contributed by atoms with Gasteiger partial charge in [-0.2, -0.15) is 0 Å². The molecule has 1 heterocycles. The van der Waals surface area contributed by atoms with Crippen LogP contribution in [-0.2, 0) is 27.1 Å². The number of hydrogen-bond donors (Lipinski definition) is 0. The first-order valence-electron chi connectivity index (χ1n) is 26.0. The van der Waals surface area contributed by atoms with Crippen molar-refractivity contribution >= 4 is 39.0 Å². The van der Waals surface area contributed by atoms with Crippen molar-refractivity contribution in [3.8, 4) is 44.5 Å². The minimum Gasteiger partial charge on any atom is -0.455 e. The first-order chi connectivity index (χ1) is 34.3. The van der Waals surface area contributed by atoms with Gasteiger partial charge in [-0.1, -0.05) is 216 Å². The highest BCUT2D eigenvalue weighted by Crippen LogP contribution is 2.65. The molecule has 0 atom stereocenters. The Bertz CT molecular complexity index is 3790. The molecule has 13 rings (SSSR count). The lowest BCUT2D eigenvalue weighted by molar-refractivity contribution is 0.584. The van der Waals surface area contributed by atoms with Gasteiger partial charge in [0, 0.05) is 38.8 Å². The molecule has 72 heavy (non-hydrogen) atoms. The summed E-state index contributed by atoms with van der Waals surface area (Å²) in [6.07, 6.45) is 0. The topological polar surface area (TPSA) is 16.4 Å². The van der Waals surface area contributed by atoms with E-state index in [0.29, 0.717) is 0 Å². The summed E-state index contributed by atoms with van der Waals surface area (Å²) in [7, 11) is 0. The van der Waals surface area contributed by atoms with E-state index in [1.54, 1.807) is 0 Å². The first kappa shape index (κ1) is 44.5. The number of furan rings is 1. The van der Waals surface area contributed by atoms with E-state index < -0.39 is 5.41 Å². The van der Waals surface area contributed by atoms with E-state index in [1.807, 2.05) is 6.07 Å². The fourth-order valence-electron chi connectivity index (χ4n) is 12.8. The summed E-state index contributed by atoms with van der Waals surface area (Å²) >= 11 is 0. The normalized spacial score (nSPS) is 14.8. The molecule has 0 unspecified atom stereocenters. The number of fused-ring (bicyclic) bond motifs is 16. The Morgan fingerprint density at radius 2 is 0.764 bits per heavy atom. The predicted octanol–water partition coefficient (Wildman–Crippen LogP) is 19.3. The SMILES string of the molecule is CC(C)(C)c1ccc2c(c1)C1(c3cc(N(c4ccc(-c5cccc6c5oc5ccccc56)cc4)c4ccc5c(c4)C(C)(C)c4ccccc4-5)ccc3-2)c2cc(C(C)(C)C)ccc2-c2ccc(C(C)(C)C)cc21. The Balaban J connectivity index is 1.07. The fraction of sp³-hybridized carbons (Fsp3) is 0.229. The standard InChI is InChI=1S/C70H63NO/c1-66(2,3)43-25-32-52-53-33-26-44(67(4,5)6)38-61(53)70(60(52)37-43)62-39-45(68(7,8)9)27-34-54(62)55-36-31-48(41-63(55)70)71(47-30-35-51-50-17-12-14-21-58(50)69(10,11)59(51)40-47)46-28-23-42(24-29-46)49-19-16-20-57-56-18-13-15-22-64(56)72-65(49)57/h12-41H,1-11H3. The van der Waals surface area contributed by atoms with Crippen molar-refractivity contribution in [2.24, 2.45) is 0 Å². The molecule has 3 aliphatic carbocycles. The second-order valence-electron chi connectivity index (χ2n) is 24.6. The Morgan fingerprint density at radius 1 is 0.347 bits per heavy atom. The third kappa shape index (κ3) is 6.33. The van der Waals surface area contributed by atoms with E-state index in [0.717, 1.165) is 50.1 Å². The molecule has 354 valence electrons.